The Hall–Kier alpha value is -0.820. The third-order valence-corrected chi connectivity index (χ3v) is 4.49. The summed E-state index contributed by atoms with van der Waals surface area (Å²) in [5.74, 6) is 0. The molecule has 0 amide bonds. The molecule has 2 aliphatic rings. The van der Waals surface area contributed by atoms with Gasteiger partial charge in [-0.15, -0.1) is 0 Å². The zero-order chi connectivity index (χ0) is 11.0. The minimum atomic E-state index is 0.229. The second-order valence-electron chi connectivity index (χ2n) is 5.65. The number of aryl methyl sites for hydroxylation is 2. The molecular formula is C15H20O. The van der Waals surface area contributed by atoms with E-state index in [0.717, 1.165) is 6.42 Å². The summed E-state index contributed by atoms with van der Waals surface area (Å²) in [6.07, 6.45) is 8.64. The van der Waals surface area contributed by atoms with Gasteiger partial charge < -0.3 is 5.11 Å². The van der Waals surface area contributed by atoms with Crippen molar-refractivity contribution in [2.45, 2.75) is 44.9 Å². The van der Waals surface area contributed by atoms with Crippen molar-refractivity contribution in [3.63, 3.8) is 0 Å². The SMILES string of the molecule is OCC1(Cc2ccc3c(c2)CCC3)CCC1. The molecule has 0 radical (unpaired) electrons. The summed E-state index contributed by atoms with van der Waals surface area (Å²) in [6.45, 7) is 0.365. The first-order chi connectivity index (χ1) is 7.81. The van der Waals surface area contributed by atoms with Crippen molar-refractivity contribution < 1.29 is 5.11 Å². The first-order valence-electron chi connectivity index (χ1n) is 6.53. The Kier molecular flexibility index (Phi) is 2.51. The molecule has 86 valence electrons. The zero-order valence-corrected chi connectivity index (χ0v) is 9.84. The normalized spacial score (nSPS) is 21.6. The summed E-state index contributed by atoms with van der Waals surface area (Å²) >= 11 is 0. The molecule has 0 unspecified atom stereocenters. The Balaban J connectivity index is 1.80. The van der Waals surface area contributed by atoms with Gasteiger partial charge in [0, 0.05) is 6.61 Å². The first-order valence-corrected chi connectivity index (χ1v) is 6.53. The molecular weight excluding hydrogens is 196 g/mol. The fourth-order valence-corrected chi connectivity index (χ4v) is 3.24. The molecule has 0 aromatic heterocycles. The predicted molar refractivity (Wildman–Crippen MR) is 65.5 cm³/mol. The van der Waals surface area contributed by atoms with Gasteiger partial charge in [-0.1, -0.05) is 24.6 Å². The average molecular weight is 216 g/mol. The summed E-state index contributed by atoms with van der Waals surface area (Å²) in [5.41, 5.74) is 4.78. The molecule has 1 aromatic rings. The van der Waals surface area contributed by atoms with E-state index in [4.69, 9.17) is 0 Å². The monoisotopic (exact) mass is 216 g/mol. The van der Waals surface area contributed by atoms with E-state index in [1.165, 1.54) is 44.1 Å². The Labute approximate surface area is 97.5 Å². The Morgan fingerprint density at radius 2 is 1.88 bits per heavy atom. The maximum absolute atomic E-state index is 9.49. The third kappa shape index (κ3) is 1.67. The van der Waals surface area contributed by atoms with Crippen LogP contribution in [0.2, 0.25) is 0 Å². The molecule has 0 saturated heterocycles. The Bertz CT molecular complexity index is 385. The average Bonchev–Trinajstić information content (AvgIpc) is 2.70. The van der Waals surface area contributed by atoms with E-state index in [1.54, 1.807) is 11.1 Å². The number of aliphatic hydroxyl groups is 1. The summed E-state index contributed by atoms with van der Waals surface area (Å²) in [7, 11) is 0. The van der Waals surface area contributed by atoms with Crippen molar-refractivity contribution >= 4 is 0 Å². The molecule has 0 bridgehead atoms. The van der Waals surface area contributed by atoms with Gasteiger partial charge in [0.2, 0.25) is 0 Å². The number of aliphatic hydroxyl groups excluding tert-OH is 1. The maximum atomic E-state index is 9.49. The van der Waals surface area contributed by atoms with E-state index in [1.807, 2.05) is 0 Å². The maximum Gasteiger partial charge on any atom is 0.0490 e. The topological polar surface area (TPSA) is 20.2 Å². The van der Waals surface area contributed by atoms with Gasteiger partial charge in [-0.2, -0.15) is 0 Å². The van der Waals surface area contributed by atoms with Crippen molar-refractivity contribution in [1.29, 1.82) is 0 Å². The van der Waals surface area contributed by atoms with Gasteiger partial charge in [0.25, 0.3) is 0 Å². The number of rotatable bonds is 3. The Morgan fingerprint density at radius 1 is 1.06 bits per heavy atom. The van der Waals surface area contributed by atoms with Crippen LogP contribution in [0.5, 0.6) is 0 Å². The highest BCUT2D eigenvalue weighted by molar-refractivity contribution is 5.35. The van der Waals surface area contributed by atoms with Crippen molar-refractivity contribution in [2.75, 3.05) is 6.61 Å². The molecule has 1 fully saturated rings. The largest absolute Gasteiger partial charge is 0.396 e. The Morgan fingerprint density at radius 3 is 2.56 bits per heavy atom. The molecule has 0 spiro atoms. The zero-order valence-electron chi connectivity index (χ0n) is 9.84. The molecule has 3 rings (SSSR count). The minimum absolute atomic E-state index is 0.229. The molecule has 0 aliphatic heterocycles. The van der Waals surface area contributed by atoms with Crippen molar-refractivity contribution in [1.82, 2.24) is 0 Å². The van der Waals surface area contributed by atoms with Crippen LogP contribution in [0.1, 0.15) is 42.4 Å². The molecule has 1 N–H and O–H groups in total. The van der Waals surface area contributed by atoms with Crippen LogP contribution in [0.15, 0.2) is 18.2 Å². The van der Waals surface area contributed by atoms with Crippen LogP contribution in [-0.2, 0) is 19.3 Å². The van der Waals surface area contributed by atoms with Gasteiger partial charge in [-0.25, -0.2) is 0 Å². The lowest BCUT2D eigenvalue weighted by Crippen LogP contribution is -2.35. The van der Waals surface area contributed by atoms with E-state index >= 15 is 0 Å². The van der Waals surface area contributed by atoms with Crippen LogP contribution in [0, 0.1) is 5.41 Å². The fourth-order valence-electron chi connectivity index (χ4n) is 3.24. The van der Waals surface area contributed by atoms with Crippen LogP contribution < -0.4 is 0 Å². The van der Waals surface area contributed by atoms with E-state index in [0.29, 0.717) is 6.61 Å². The lowest BCUT2D eigenvalue weighted by atomic mass is 9.66. The molecule has 2 aliphatic carbocycles. The first kappa shape index (κ1) is 10.3. The summed E-state index contributed by atoms with van der Waals surface area (Å²) in [5, 5.41) is 9.49. The van der Waals surface area contributed by atoms with E-state index in [9.17, 15) is 5.11 Å². The van der Waals surface area contributed by atoms with E-state index in [-0.39, 0.29) is 5.41 Å². The molecule has 0 heterocycles. The van der Waals surface area contributed by atoms with Gasteiger partial charge in [-0.3, -0.25) is 0 Å². The molecule has 1 aromatic carbocycles. The number of fused-ring (bicyclic) bond motifs is 1. The quantitative estimate of drug-likeness (QED) is 0.823. The highest BCUT2D eigenvalue weighted by Gasteiger charge is 2.36. The molecule has 1 heteroatoms. The van der Waals surface area contributed by atoms with Crippen molar-refractivity contribution in [3.05, 3.63) is 34.9 Å². The van der Waals surface area contributed by atoms with Gasteiger partial charge in [0.15, 0.2) is 0 Å². The predicted octanol–water partition coefficient (Wildman–Crippen LogP) is 2.88. The van der Waals surface area contributed by atoms with Crippen LogP contribution in [0.4, 0.5) is 0 Å². The van der Waals surface area contributed by atoms with Crippen LogP contribution in [0.25, 0.3) is 0 Å². The molecule has 1 nitrogen and oxygen atoms in total. The molecule has 16 heavy (non-hydrogen) atoms. The highest BCUT2D eigenvalue weighted by atomic mass is 16.3. The molecule has 0 atom stereocenters. The summed E-state index contributed by atoms with van der Waals surface area (Å²) in [4.78, 5) is 0. The lowest BCUT2D eigenvalue weighted by molar-refractivity contribution is 0.0450. The van der Waals surface area contributed by atoms with Gasteiger partial charge in [0.05, 0.1) is 0 Å². The second-order valence-corrected chi connectivity index (χ2v) is 5.65. The number of hydrogen-bond acceptors (Lipinski definition) is 1. The summed E-state index contributed by atoms with van der Waals surface area (Å²) < 4.78 is 0. The second kappa shape index (κ2) is 3.89. The van der Waals surface area contributed by atoms with Crippen LogP contribution >= 0.6 is 0 Å². The third-order valence-electron chi connectivity index (χ3n) is 4.49. The van der Waals surface area contributed by atoms with Gasteiger partial charge >= 0.3 is 0 Å². The smallest absolute Gasteiger partial charge is 0.0490 e. The standard InChI is InChI=1S/C15H20O/c16-11-15(7-2-8-15)10-12-5-6-13-3-1-4-14(13)9-12/h5-6,9,16H,1-4,7-8,10-11H2. The van der Waals surface area contributed by atoms with E-state index in [2.05, 4.69) is 18.2 Å². The number of benzene rings is 1. The van der Waals surface area contributed by atoms with Crippen molar-refractivity contribution in [2.24, 2.45) is 5.41 Å². The fraction of sp³-hybridized carbons (Fsp3) is 0.600. The van der Waals surface area contributed by atoms with Crippen LogP contribution in [0.3, 0.4) is 0 Å². The summed E-state index contributed by atoms with van der Waals surface area (Å²) in [6, 6.07) is 6.97. The van der Waals surface area contributed by atoms with E-state index < -0.39 is 0 Å². The minimum Gasteiger partial charge on any atom is -0.396 e. The van der Waals surface area contributed by atoms with Gasteiger partial charge in [-0.05, 0) is 60.6 Å². The van der Waals surface area contributed by atoms with Gasteiger partial charge in [0.1, 0.15) is 0 Å². The number of hydrogen-bond donors (Lipinski definition) is 1. The lowest BCUT2D eigenvalue weighted by Gasteiger charge is -2.40. The highest BCUT2D eigenvalue weighted by Crippen LogP contribution is 2.43. The van der Waals surface area contributed by atoms with Crippen LogP contribution in [-0.4, -0.2) is 11.7 Å². The van der Waals surface area contributed by atoms with Crippen molar-refractivity contribution in [3.8, 4) is 0 Å². The molecule has 1 saturated carbocycles.